The number of rotatable bonds is 6. The van der Waals surface area contributed by atoms with Gasteiger partial charge in [-0.15, -0.1) is 0 Å². The lowest BCUT2D eigenvalue weighted by Gasteiger charge is -2.28. The van der Waals surface area contributed by atoms with E-state index in [1.54, 1.807) is 0 Å². The van der Waals surface area contributed by atoms with Gasteiger partial charge in [-0.2, -0.15) is 0 Å². The topological polar surface area (TPSA) is 67.4 Å². The van der Waals surface area contributed by atoms with Gasteiger partial charge in [-0.3, -0.25) is 9.59 Å². The Kier molecular flexibility index (Phi) is 6.59. The lowest BCUT2D eigenvalue weighted by Crippen LogP contribution is -2.32. The van der Waals surface area contributed by atoms with Crippen LogP contribution in [0.15, 0.2) is 24.3 Å². The van der Waals surface area contributed by atoms with Gasteiger partial charge < -0.3 is 15.4 Å². The molecule has 2 atom stereocenters. The highest BCUT2D eigenvalue weighted by atomic mass is 16.5. The standard InChI is InChI=1S/C18H26N2O3/c1-13-6-3-4-9-17(13)23-12-18(22)19-11-15-7-5-8-16(10-15)20-14(2)21/h5,7-8,10,13,17H,3-4,6,9,11-12H2,1-2H3,(H,19,22)(H,20,21)/t13-,17-/m0/s1. The molecule has 0 saturated heterocycles. The summed E-state index contributed by atoms with van der Waals surface area (Å²) in [7, 11) is 0. The van der Waals surface area contributed by atoms with Crippen molar-refractivity contribution >= 4 is 17.5 Å². The average molecular weight is 318 g/mol. The molecule has 1 aromatic carbocycles. The Balaban J connectivity index is 1.74. The molecule has 1 fully saturated rings. The van der Waals surface area contributed by atoms with Gasteiger partial charge in [0.25, 0.3) is 0 Å². The van der Waals surface area contributed by atoms with Gasteiger partial charge in [0.05, 0.1) is 6.10 Å². The summed E-state index contributed by atoms with van der Waals surface area (Å²) in [4.78, 5) is 23.0. The van der Waals surface area contributed by atoms with E-state index in [9.17, 15) is 9.59 Å². The summed E-state index contributed by atoms with van der Waals surface area (Å²) in [5, 5.41) is 5.59. The second-order valence-corrected chi connectivity index (χ2v) is 6.27. The molecular formula is C18H26N2O3. The highest BCUT2D eigenvalue weighted by Gasteiger charge is 2.22. The van der Waals surface area contributed by atoms with E-state index in [4.69, 9.17) is 4.74 Å². The van der Waals surface area contributed by atoms with Crippen LogP contribution < -0.4 is 10.6 Å². The molecule has 5 nitrogen and oxygen atoms in total. The van der Waals surface area contributed by atoms with E-state index >= 15 is 0 Å². The highest BCUT2D eigenvalue weighted by Crippen LogP contribution is 2.26. The van der Waals surface area contributed by atoms with Crippen LogP contribution in [0.2, 0.25) is 0 Å². The molecule has 0 bridgehead atoms. The van der Waals surface area contributed by atoms with E-state index in [2.05, 4.69) is 17.6 Å². The zero-order valence-electron chi connectivity index (χ0n) is 13.9. The molecule has 1 aliphatic rings. The fraction of sp³-hybridized carbons (Fsp3) is 0.556. The molecule has 0 heterocycles. The van der Waals surface area contributed by atoms with Crippen molar-refractivity contribution in [1.29, 1.82) is 0 Å². The third kappa shape index (κ3) is 6.02. The van der Waals surface area contributed by atoms with E-state index < -0.39 is 0 Å². The fourth-order valence-corrected chi connectivity index (χ4v) is 2.93. The first kappa shape index (κ1) is 17.5. The Bertz CT molecular complexity index is 545. The van der Waals surface area contributed by atoms with Crippen molar-refractivity contribution in [3.63, 3.8) is 0 Å². The third-order valence-corrected chi connectivity index (χ3v) is 4.20. The molecule has 1 aliphatic carbocycles. The molecular weight excluding hydrogens is 292 g/mol. The smallest absolute Gasteiger partial charge is 0.246 e. The minimum atomic E-state index is -0.110. The number of amides is 2. The highest BCUT2D eigenvalue weighted by molar-refractivity contribution is 5.88. The van der Waals surface area contributed by atoms with E-state index in [1.165, 1.54) is 26.2 Å². The monoisotopic (exact) mass is 318 g/mol. The molecule has 2 rings (SSSR count). The predicted molar refractivity (Wildman–Crippen MR) is 90.0 cm³/mol. The molecule has 2 amide bonds. The van der Waals surface area contributed by atoms with Gasteiger partial charge in [0.2, 0.25) is 11.8 Å². The first-order valence-corrected chi connectivity index (χ1v) is 8.29. The van der Waals surface area contributed by atoms with Crippen LogP contribution in [0.3, 0.4) is 0 Å². The first-order valence-electron chi connectivity index (χ1n) is 8.29. The second-order valence-electron chi connectivity index (χ2n) is 6.27. The average Bonchev–Trinajstić information content (AvgIpc) is 2.52. The van der Waals surface area contributed by atoms with Gasteiger partial charge in [-0.1, -0.05) is 31.9 Å². The maximum atomic E-state index is 11.9. The van der Waals surface area contributed by atoms with Crippen LogP contribution in [-0.2, 0) is 20.9 Å². The van der Waals surface area contributed by atoms with Crippen molar-refractivity contribution in [2.75, 3.05) is 11.9 Å². The molecule has 0 radical (unpaired) electrons. The molecule has 23 heavy (non-hydrogen) atoms. The lowest BCUT2D eigenvalue weighted by molar-refractivity contribution is -0.129. The Hall–Kier alpha value is -1.88. The molecule has 5 heteroatoms. The van der Waals surface area contributed by atoms with Crippen LogP contribution in [0, 0.1) is 5.92 Å². The second kappa shape index (κ2) is 8.67. The van der Waals surface area contributed by atoms with E-state index in [1.807, 2.05) is 24.3 Å². The number of hydrogen-bond donors (Lipinski definition) is 2. The Labute approximate surface area is 137 Å². The fourth-order valence-electron chi connectivity index (χ4n) is 2.93. The first-order chi connectivity index (χ1) is 11.0. The van der Waals surface area contributed by atoms with Crippen molar-refractivity contribution in [2.24, 2.45) is 5.92 Å². The van der Waals surface area contributed by atoms with Crippen molar-refractivity contribution in [3.05, 3.63) is 29.8 Å². The van der Waals surface area contributed by atoms with Gasteiger partial charge in [0.1, 0.15) is 6.61 Å². The summed E-state index contributed by atoms with van der Waals surface area (Å²) in [6.45, 7) is 4.20. The quantitative estimate of drug-likeness (QED) is 0.847. The Morgan fingerprint density at radius 2 is 2.04 bits per heavy atom. The van der Waals surface area contributed by atoms with Crippen molar-refractivity contribution in [2.45, 2.75) is 52.2 Å². The van der Waals surface area contributed by atoms with Gasteiger partial charge in [-0.25, -0.2) is 0 Å². The zero-order valence-corrected chi connectivity index (χ0v) is 13.9. The van der Waals surface area contributed by atoms with Gasteiger partial charge in [0.15, 0.2) is 0 Å². The van der Waals surface area contributed by atoms with Crippen molar-refractivity contribution in [1.82, 2.24) is 5.32 Å². The maximum absolute atomic E-state index is 11.9. The Morgan fingerprint density at radius 1 is 1.26 bits per heavy atom. The minimum absolute atomic E-state index is 0.104. The van der Waals surface area contributed by atoms with E-state index in [0.717, 1.165) is 17.7 Å². The Morgan fingerprint density at radius 3 is 2.78 bits per heavy atom. The van der Waals surface area contributed by atoms with Crippen LogP contribution >= 0.6 is 0 Å². The maximum Gasteiger partial charge on any atom is 0.246 e. The van der Waals surface area contributed by atoms with Crippen molar-refractivity contribution in [3.8, 4) is 0 Å². The third-order valence-electron chi connectivity index (χ3n) is 4.20. The number of anilines is 1. The molecule has 1 aromatic rings. The number of hydrogen-bond acceptors (Lipinski definition) is 3. The van der Waals surface area contributed by atoms with Crippen LogP contribution in [0.1, 0.15) is 45.1 Å². The predicted octanol–water partition coefficient (Wildman–Crippen LogP) is 2.86. The van der Waals surface area contributed by atoms with Gasteiger partial charge >= 0.3 is 0 Å². The van der Waals surface area contributed by atoms with Crippen LogP contribution in [0.4, 0.5) is 5.69 Å². The molecule has 2 N–H and O–H groups in total. The summed E-state index contributed by atoms with van der Waals surface area (Å²) >= 11 is 0. The van der Waals surface area contributed by atoms with E-state index in [0.29, 0.717) is 12.5 Å². The normalized spacial score (nSPS) is 20.8. The minimum Gasteiger partial charge on any atom is -0.368 e. The number of ether oxygens (including phenoxy) is 1. The summed E-state index contributed by atoms with van der Waals surface area (Å²) in [5.74, 6) is 0.319. The van der Waals surface area contributed by atoms with Gasteiger partial charge in [-0.05, 0) is 36.5 Å². The number of benzene rings is 1. The van der Waals surface area contributed by atoms with E-state index in [-0.39, 0.29) is 24.5 Å². The lowest BCUT2D eigenvalue weighted by atomic mass is 9.88. The number of nitrogens with one attached hydrogen (secondary N) is 2. The summed E-state index contributed by atoms with van der Waals surface area (Å²) in [5.41, 5.74) is 1.67. The van der Waals surface area contributed by atoms with Crippen LogP contribution in [-0.4, -0.2) is 24.5 Å². The summed E-state index contributed by atoms with van der Waals surface area (Å²) in [6.07, 6.45) is 4.89. The van der Waals surface area contributed by atoms with Crippen LogP contribution in [0.5, 0.6) is 0 Å². The largest absolute Gasteiger partial charge is 0.368 e. The van der Waals surface area contributed by atoms with Crippen LogP contribution in [0.25, 0.3) is 0 Å². The molecule has 126 valence electrons. The zero-order chi connectivity index (χ0) is 16.7. The molecule has 0 unspecified atom stereocenters. The molecule has 1 saturated carbocycles. The van der Waals surface area contributed by atoms with Crippen molar-refractivity contribution < 1.29 is 14.3 Å². The number of carbonyl (C=O) groups excluding carboxylic acids is 2. The van der Waals surface area contributed by atoms with Gasteiger partial charge in [0, 0.05) is 19.2 Å². The summed E-state index contributed by atoms with van der Waals surface area (Å²) < 4.78 is 5.75. The summed E-state index contributed by atoms with van der Waals surface area (Å²) in [6, 6.07) is 7.44. The SMILES string of the molecule is CC(=O)Nc1cccc(CNC(=O)CO[C@H]2CCCC[C@@H]2C)c1. The molecule has 0 aliphatic heterocycles. The molecule has 0 aromatic heterocycles. The molecule has 0 spiro atoms. The number of carbonyl (C=O) groups is 2.